The average molecular weight is 308 g/mol. The molecule has 0 spiro atoms. The zero-order valence-electron chi connectivity index (χ0n) is 9.86. The fraction of sp³-hybridized carbons (Fsp3) is 0.500. The second-order valence-electron chi connectivity index (χ2n) is 4.03. The van der Waals surface area contributed by atoms with Crippen molar-refractivity contribution in [3.8, 4) is 0 Å². The number of benzene rings is 1. The van der Waals surface area contributed by atoms with E-state index in [1.54, 1.807) is 0 Å². The van der Waals surface area contributed by atoms with Gasteiger partial charge in [0, 0.05) is 17.1 Å². The van der Waals surface area contributed by atoms with Crippen LogP contribution >= 0.6 is 15.9 Å². The minimum atomic E-state index is -0.875. The first kappa shape index (κ1) is 14.4. The van der Waals surface area contributed by atoms with E-state index < -0.39 is 17.2 Å². The van der Waals surface area contributed by atoms with Gasteiger partial charge in [-0.15, -0.1) is 0 Å². The minimum absolute atomic E-state index is 0.173. The molecule has 5 heteroatoms. The Balaban J connectivity index is 2.83. The lowest BCUT2D eigenvalue weighted by atomic mass is 9.97. The van der Waals surface area contributed by atoms with Gasteiger partial charge in [0.05, 0.1) is 11.3 Å². The number of aliphatic hydroxyl groups is 1. The third kappa shape index (κ3) is 3.64. The Morgan fingerprint density at radius 2 is 1.88 bits per heavy atom. The van der Waals surface area contributed by atoms with E-state index in [9.17, 15) is 13.9 Å². The monoisotopic (exact) mass is 307 g/mol. The maximum atomic E-state index is 13.5. The zero-order valence-corrected chi connectivity index (χ0v) is 11.4. The molecule has 17 heavy (non-hydrogen) atoms. The molecule has 0 heterocycles. The van der Waals surface area contributed by atoms with E-state index in [4.69, 9.17) is 0 Å². The summed E-state index contributed by atoms with van der Waals surface area (Å²) >= 11 is 3.09. The lowest BCUT2D eigenvalue weighted by Crippen LogP contribution is -2.35. The molecular weight excluding hydrogens is 292 g/mol. The van der Waals surface area contributed by atoms with Crippen LogP contribution in [0.3, 0.4) is 0 Å². The summed E-state index contributed by atoms with van der Waals surface area (Å²) in [5, 5.41) is 12.9. The maximum Gasteiger partial charge on any atom is 0.150 e. The molecule has 1 aromatic rings. The summed E-state index contributed by atoms with van der Waals surface area (Å²) in [7, 11) is 0. The van der Waals surface area contributed by atoms with Gasteiger partial charge in [-0.25, -0.2) is 8.78 Å². The van der Waals surface area contributed by atoms with Crippen LogP contribution in [0.2, 0.25) is 0 Å². The summed E-state index contributed by atoms with van der Waals surface area (Å²) in [6.45, 7) is 3.95. The molecule has 0 aliphatic rings. The van der Waals surface area contributed by atoms with Crippen molar-refractivity contribution in [2.24, 2.45) is 0 Å². The second-order valence-corrected chi connectivity index (χ2v) is 4.88. The lowest BCUT2D eigenvalue weighted by Gasteiger charge is -2.26. The van der Waals surface area contributed by atoms with Crippen LogP contribution < -0.4 is 5.32 Å². The first-order valence-corrected chi connectivity index (χ1v) is 6.32. The normalized spacial score (nSPS) is 11.6. The molecule has 1 rings (SSSR count). The van der Waals surface area contributed by atoms with E-state index in [0.717, 1.165) is 6.07 Å². The quantitative estimate of drug-likeness (QED) is 0.869. The Morgan fingerprint density at radius 3 is 2.35 bits per heavy atom. The van der Waals surface area contributed by atoms with Gasteiger partial charge in [0.2, 0.25) is 0 Å². The molecule has 0 aliphatic carbocycles. The van der Waals surface area contributed by atoms with E-state index in [1.807, 2.05) is 13.8 Å². The molecule has 2 nitrogen and oxygen atoms in total. The highest BCUT2D eigenvalue weighted by Gasteiger charge is 2.22. The van der Waals surface area contributed by atoms with E-state index in [-0.39, 0.29) is 12.2 Å². The van der Waals surface area contributed by atoms with E-state index in [0.29, 0.717) is 17.3 Å². The number of hydrogen-bond donors (Lipinski definition) is 2. The number of anilines is 1. The van der Waals surface area contributed by atoms with Crippen LogP contribution in [-0.4, -0.2) is 17.3 Å². The molecular formula is C12H16BrF2NO. The molecule has 2 N–H and O–H groups in total. The smallest absolute Gasteiger partial charge is 0.150 e. The number of halogens is 3. The van der Waals surface area contributed by atoms with Gasteiger partial charge >= 0.3 is 0 Å². The van der Waals surface area contributed by atoms with Gasteiger partial charge in [0.1, 0.15) is 11.6 Å². The second kappa shape index (κ2) is 5.78. The highest BCUT2D eigenvalue weighted by atomic mass is 79.9. The molecule has 0 amide bonds. The van der Waals surface area contributed by atoms with Crippen molar-refractivity contribution in [1.82, 2.24) is 0 Å². The van der Waals surface area contributed by atoms with E-state index in [1.165, 1.54) is 6.07 Å². The first-order chi connectivity index (χ1) is 7.91. The van der Waals surface area contributed by atoms with Gasteiger partial charge in [0.15, 0.2) is 0 Å². The van der Waals surface area contributed by atoms with Gasteiger partial charge in [-0.05, 0) is 34.8 Å². The standard InChI is InChI=1S/C12H16BrF2NO/c1-3-12(17,4-2)7-16-11-9(13)5-8(14)6-10(11)15/h5-6,16-17H,3-4,7H2,1-2H3. The molecule has 1 aromatic carbocycles. The first-order valence-electron chi connectivity index (χ1n) is 5.52. The van der Waals surface area contributed by atoms with Crippen molar-refractivity contribution in [2.45, 2.75) is 32.3 Å². The summed E-state index contributed by atoms with van der Waals surface area (Å²) < 4.78 is 26.7. The Bertz CT molecular complexity index is 371. The third-order valence-electron chi connectivity index (χ3n) is 2.92. The minimum Gasteiger partial charge on any atom is -0.388 e. The summed E-state index contributed by atoms with van der Waals surface area (Å²) in [6.07, 6.45) is 1.13. The van der Waals surface area contributed by atoms with Crippen molar-refractivity contribution in [3.05, 3.63) is 28.2 Å². The van der Waals surface area contributed by atoms with Crippen LogP contribution in [0.25, 0.3) is 0 Å². The summed E-state index contributed by atoms with van der Waals surface area (Å²) in [5.74, 6) is -1.31. The highest BCUT2D eigenvalue weighted by Crippen LogP contribution is 2.28. The largest absolute Gasteiger partial charge is 0.388 e. The number of rotatable bonds is 5. The molecule has 0 aliphatic heterocycles. The molecule has 0 bridgehead atoms. The average Bonchev–Trinajstić information content (AvgIpc) is 2.27. The Morgan fingerprint density at radius 1 is 1.29 bits per heavy atom. The number of nitrogens with one attached hydrogen (secondary N) is 1. The molecule has 0 atom stereocenters. The van der Waals surface area contributed by atoms with Gasteiger partial charge < -0.3 is 10.4 Å². The fourth-order valence-electron chi connectivity index (χ4n) is 1.46. The predicted octanol–water partition coefficient (Wildman–Crippen LogP) is 3.69. The lowest BCUT2D eigenvalue weighted by molar-refractivity contribution is 0.0456. The van der Waals surface area contributed by atoms with Crippen LogP contribution in [0.5, 0.6) is 0 Å². The molecule has 96 valence electrons. The van der Waals surface area contributed by atoms with Gasteiger partial charge in [-0.2, -0.15) is 0 Å². The Hall–Kier alpha value is -0.680. The zero-order chi connectivity index (χ0) is 13.1. The van der Waals surface area contributed by atoms with Crippen LogP contribution in [-0.2, 0) is 0 Å². The van der Waals surface area contributed by atoms with Crippen molar-refractivity contribution in [2.75, 3.05) is 11.9 Å². The molecule has 0 aromatic heterocycles. The van der Waals surface area contributed by atoms with Crippen molar-refractivity contribution >= 4 is 21.6 Å². The highest BCUT2D eigenvalue weighted by molar-refractivity contribution is 9.10. The van der Waals surface area contributed by atoms with Crippen LogP contribution in [0, 0.1) is 11.6 Å². The molecule has 0 fully saturated rings. The van der Waals surface area contributed by atoms with Crippen molar-refractivity contribution < 1.29 is 13.9 Å². The Kier molecular flexibility index (Phi) is 4.89. The van der Waals surface area contributed by atoms with Crippen LogP contribution in [0.4, 0.5) is 14.5 Å². The van der Waals surface area contributed by atoms with Crippen molar-refractivity contribution in [3.63, 3.8) is 0 Å². The maximum absolute atomic E-state index is 13.5. The molecule has 0 unspecified atom stereocenters. The summed E-state index contributed by atoms with van der Waals surface area (Å²) in [4.78, 5) is 0. The van der Waals surface area contributed by atoms with E-state index >= 15 is 0 Å². The van der Waals surface area contributed by atoms with Gasteiger partial charge in [0.25, 0.3) is 0 Å². The van der Waals surface area contributed by atoms with Crippen molar-refractivity contribution in [1.29, 1.82) is 0 Å². The molecule has 0 saturated heterocycles. The van der Waals surface area contributed by atoms with Crippen LogP contribution in [0.15, 0.2) is 16.6 Å². The van der Waals surface area contributed by atoms with E-state index in [2.05, 4.69) is 21.2 Å². The molecule has 0 saturated carbocycles. The predicted molar refractivity (Wildman–Crippen MR) is 68.1 cm³/mol. The summed E-state index contributed by atoms with van der Waals surface area (Å²) in [6, 6.07) is 1.99. The fourth-order valence-corrected chi connectivity index (χ4v) is 2.01. The topological polar surface area (TPSA) is 32.3 Å². The van der Waals surface area contributed by atoms with Crippen LogP contribution in [0.1, 0.15) is 26.7 Å². The SMILES string of the molecule is CCC(O)(CC)CNc1c(F)cc(F)cc1Br. The summed E-state index contributed by atoms with van der Waals surface area (Å²) in [5.41, 5.74) is -0.702. The Labute approximate surface area is 108 Å². The van der Waals surface area contributed by atoms with Gasteiger partial charge in [-0.3, -0.25) is 0 Å². The molecule has 0 radical (unpaired) electrons. The van der Waals surface area contributed by atoms with Gasteiger partial charge in [-0.1, -0.05) is 13.8 Å². The number of hydrogen-bond acceptors (Lipinski definition) is 2. The third-order valence-corrected chi connectivity index (χ3v) is 3.54.